The molecule has 0 radical (unpaired) electrons. The van der Waals surface area contributed by atoms with Crippen molar-refractivity contribution < 1.29 is 9.59 Å². The van der Waals surface area contributed by atoms with E-state index in [1.165, 1.54) is 4.68 Å². The minimum Gasteiger partial charge on any atom is -0.369 e. The van der Waals surface area contributed by atoms with Crippen LogP contribution in [-0.4, -0.2) is 77.2 Å². The second-order valence-electron chi connectivity index (χ2n) is 8.62. The first-order chi connectivity index (χ1) is 15.4. The number of nitrogens with one attached hydrogen (secondary N) is 1. The Labute approximate surface area is 187 Å². The van der Waals surface area contributed by atoms with Gasteiger partial charge < -0.3 is 15.1 Å². The van der Waals surface area contributed by atoms with E-state index < -0.39 is 0 Å². The Morgan fingerprint density at radius 3 is 2.50 bits per heavy atom. The molecule has 2 aromatic rings. The minimum absolute atomic E-state index is 0.0392. The molecule has 0 aliphatic carbocycles. The molecule has 1 aromatic carbocycles. The van der Waals surface area contributed by atoms with Crippen LogP contribution in [0, 0.1) is 12.8 Å². The van der Waals surface area contributed by atoms with Crippen LogP contribution in [0.3, 0.4) is 0 Å². The second kappa shape index (κ2) is 9.52. The van der Waals surface area contributed by atoms with Crippen LogP contribution < -0.4 is 15.8 Å². The van der Waals surface area contributed by atoms with Crippen molar-refractivity contribution in [3.05, 3.63) is 52.4 Å². The highest BCUT2D eigenvalue weighted by Crippen LogP contribution is 2.24. The monoisotopic (exact) mass is 438 g/mol. The molecular formula is C23H30N6O3. The third-order valence-corrected chi connectivity index (χ3v) is 6.24. The molecule has 4 rings (SSSR count). The number of rotatable bonds is 5. The van der Waals surface area contributed by atoms with Gasteiger partial charge in [-0.1, -0.05) is 17.7 Å². The molecule has 170 valence electrons. The van der Waals surface area contributed by atoms with Gasteiger partial charge in [0.05, 0.1) is 24.3 Å². The van der Waals surface area contributed by atoms with Crippen molar-refractivity contribution in [2.24, 2.45) is 13.0 Å². The molecular weight excluding hydrogens is 408 g/mol. The van der Waals surface area contributed by atoms with Gasteiger partial charge in [-0.15, -0.1) is 0 Å². The van der Waals surface area contributed by atoms with Crippen molar-refractivity contribution in [3.63, 3.8) is 0 Å². The van der Waals surface area contributed by atoms with Gasteiger partial charge >= 0.3 is 0 Å². The van der Waals surface area contributed by atoms with Crippen LogP contribution in [0.15, 0.2) is 41.3 Å². The van der Waals surface area contributed by atoms with Crippen molar-refractivity contribution in [1.29, 1.82) is 0 Å². The molecule has 0 spiro atoms. The Hall–Kier alpha value is -3.20. The van der Waals surface area contributed by atoms with Crippen LogP contribution in [-0.2, 0) is 16.6 Å². The Morgan fingerprint density at radius 1 is 1.09 bits per heavy atom. The standard InChI is InChI=1S/C23H30N6O3/c1-17-3-5-19(6-4-17)25-21(30)16-27-9-11-28(12-10-27)23(32)18-7-8-29(15-18)20-13-22(31)26(2)24-14-20/h3-6,13-14,18H,7-12,15-16H2,1-2H3,(H,25,30). The van der Waals surface area contributed by atoms with E-state index in [-0.39, 0.29) is 23.3 Å². The summed E-state index contributed by atoms with van der Waals surface area (Å²) < 4.78 is 1.29. The number of benzene rings is 1. The third-order valence-electron chi connectivity index (χ3n) is 6.24. The summed E-state index contributed by atoms with van der Waals surface area (Å²) in [6, 6.07) is 9.31. The average molecular weight is 439 g/mol. The molecule has 1 N–H and O–H groups in total. The van der Waals surface area contributed by atoms with E-state index in [0.29, 0.717) is 39.3 Å². The maximum Gasteiger partial charge on any atom is 0.268 e. The van der Waals surface area contributed by atoms with Crippen LogP contribution in [0.1, 0.15) is 12.0 Å². The molecule has 2 aliphatic heterocycles. The maximum absolute atomic E-state index is 13.0. The van der Waals surface area contributed by atoms with Gasteiger partial charge in [0, 0.05) is 58.1 Å². The first-order valence-corrected chi connectivity index (χ1v) is 11.0. The van der Waals surface area contributed by atoms with E-state index in [1.807, 2.05) is 36.1 Å². The molecule has 32 heavy (non-hydrogen) atoms. The van der Waals surface area contributed by atoms with Crippen LogP contribution >= 0.6 is 0 Å². The van der Waals surface area contributed by atoms with E-state index in [2.05, 4.69) is 20.2 Å². The van der Waals surface area contributed by atoms with Crippen LogP contribution in [0.2, 0.25) is 0 Å². The number of hydrogen-bond acceptors (Lipinski definition) is 6. The Balaban J connectivity index is 1.24. The number of aryl methyl sites for hydroxylation is 2. The zero-order valence-corrected chi connectivity index (χ0v) is 18.7. The summed E-state index contributed by atoms with van der Waals surface area (Å²) in [5, 5.41) is 7.00. The fourth-order valence-electron chi connectivity index (χ4n) is 4.25. The summed E-state index contributed by atoms with van der Waals surface area (Å²) in [4.78, 5) is 43.3. The van der Waals surface area contributed by atoms with E-state index in [9.17, 15) is 14.4 Å². The maximum atomic E-state index is 13.0. The molecule has 1 unspecified atom stereocenters. The lowest BCUT2D eigenvalue weighted by Crippen LogP contribution is -2.52. The minimum atomic E-state index is -0.153. The number of carbonyl (C=O) groups excluding carboxylic acids is 2. The fourth-order valence-corrected chi connectivity index (χ4v) is 4.25. The molecule has 2 amide bonds. The number of aromatic nitrogens is 2. The van der Waals surface area contributed by atoms with E-state index >= 15 is 0 Å². The molecule has 1 atom stereocenters. The van der Waals surface area contributed by atoms with Crippen molar-refractivity contribution in [2.45, 2.75) is 13.3 Å². The highest BCUT2D eigenvalue weighted by atomic mass is 16.2. The number of hydrogen-bond donors (Lipinski definition) is 1. The zero-order valence-electron chi connectivity index (χ0n) is 18.7. The van der Waals surface area contributed by atoms with Gasteiger partial charge in [-0.3, -0.25) is 19.3 Å². The summed E-state index contributed by atoms with van der Waals surface area (Å²) in [6.45, 7) is 6.29. The van der Waals surface area contributed by atoms with Crippen LogP contribution in [0.4, 0.5) is 11.4 Å². The summed E-state index contributed by atoms with van der Waals surface area (Å²) in [5.74, 6) is 0.0474. The lowest BCUT2D eigenvalue weighted by atomic mass is 10.1. The van der Waals surface area contributed by atoms with E-state index in [0.717, 1.165) is 29.9 Å². The first kappa shape index (κ1) is 22.0. The Kier molecular flexibility index (Phi) is 6.55. The van der Waals surface area contributed by atoms with Gasteiger partial charge in [0.25, 0.3) is 5.56 Å². The lowest BCUT2D eigenvalue weighted by molar-refractivity contribution is -0.136. The molecule has 9 heteroatoms. The predicted octanol–water partition coefficient (Wildman–Crippen LogP) is 0.698. The first-order valence-electron chi connectivity index (χ1n) is 11.0. The quantitative estimate of drug-likeness (QED) is 0.739. The topological polar surface area (TPSA) is 90.8 Å². The van der Waals surface area contributed by atoms with Crippen LogP contribution in [0.5, 0.6) is 0 Å². The Morgan fingerprint density at radius 2 is 1.81 bits per heavy atom. The number of piperazine rings is 1. The number of carbonyl (C=O) groups is 2. The summed E-state index contributed by atoms with van der Waals surface area (Å²) >= 11 is 0. The van der Waals surface area contributed by atoms with Crippen molar-refractivity contribution >= 4 is 23.2 Å². The molecule has 2 fully saturated rings. The van der Waals surface area contributed by atoms with Gasteiger partial charge in [-0.2, -0.15) is 5.10 Å². The average Bonchev–Trinajstić information content (AvgIpc) is 3.27. The van der Waals surface area contributed by atoms with Crippen LogP contribution in [0.25, 0.3) is 0 Å². The Bertz CT molecular complexity index is 1030. The lowest BCUT2D eigenvalue weighted by Gasteiger charge is -2.35. The molecule has 2 saturated heterocycles. The second-order valence-corrected chi connectivity index (χ2v) is 8.62. The van der Waals surface area contributed by atoms with Gasteiger partial charge in [-0.25, -0.2) is 4.68 Å². The molecule has 3 heterocycles. The summed E-state index contributed by atoms with van der Waals surface area (Å²) in [7, 11) is 1.62. The van der Waals surface area contributed by atoms with Crippen molar-refractivity contribution in [3.8, 4) is 0 Å². The summed E-state index contributed by atoms with van der Waals surface area (Å²) in [5.41, 5.74) is 2.57. The zero-order chi connectivity index (χ0) is 22.7. The predicted molar refractivity (Wildman–Crippen MR) is 123 cm³/mol. The van der Waals surface area contributed by atoms with Gasteiger partial charge in [0.1, 0.15) is 0 Å². The van der Waals surface area contributed by atoms with Crippen molar-refractivity contribution in [2.75, 3.05) is 56.0 Å². The number of nitrogens with zero attached hydrogens (tertiary/aromatic N) is 5. The molecule has 0 bridgehead atoms. The largest absolute Gasteiger partial charge is 0.369 e. The molecule has 1 aromatic heterocycles. The smallest absolute Gasteiger partial charge is 0.268 e. The number of amides is 2. The summed E-state index contributed by atoms with van der Waals surface area (Å²) in [6.07, 6.45) is 2.45. The van der Waals surface area contributed by atoms with Crippen molar-refractivity contribution in [1.82, 2.24) is 19.6 Å². The molecule has 2 aliphatic rings. The SMILES string of the molecule is Cc1ccc(NC(=O)CN2CCN(C(=O)C3CCN(c4cnn(C)c(=O)c4)C3)CC2)cc1. The van der Waals surface area contributed by atoms with E-state index in [4.69, 9.17) is 0 Å². The molecule has 9 nitrogen and oxygen atoms in total. The van der Waals surface area contributed by atoms with Gasteiger partial charge in [0.15, 0.2) is 0 Å². The molecule has 0 saturated carbocycles. The fraction of sp³-hybridized carbons (Fsp3) is 0.478. The highest BCUT2D eigenvalue weighted by Gasteiger charge is 2.33. The van der Waals surface area contributed by atoms with Gasteiger partial charge in [-0.05, 0) is 25.5 Å². The van der Waals surface area contributed by atoms with E-state index in [1.54, 1.807) is 19.3 Å². The highest BCUT2D eigenvalue weighted by molar-refractivity contribution is 5.92. The van der Waals surface area contributed by atoms with Gasteiger partial charge in [0.2, 0.25) is 11.8 Å². The normalized spacial score (nSPS) is 19.2. The third kappa shape index (κ3) is 5.16. The number of anilines is 2.